The van der Waals surface area contributed by atoms with Gasteiger partial charge in [0, 0.05) is 19.6 Å². The molecular weight excluding hydrogens is 160 g/mol. The molecule has 1 heterocycles. The van der Waals surface area contributed by atoms with E-state index in [-0.39, 0.29) is 0 Å². The van der Waals surface area contributed by atoms with Crippen molar-refractivity contribution >= 4 is 0 Å². The molecule has 0 saturated carbocycles. The van der Waals surface area contributed by atoms with Crippen LogP contribution >= 0.6 is 0 Å². The van der Waals surface area contributed by atoms with E-state index >= 15 is 0 Å². The molecule has 0 aromatic heterocycles. The number of nitrogens with zero attached hydrogens (tertiary/aromatic N) is 1. The fraction of sp³-hybridized carbons (Fsp3) is 0.818. The highest BCUT2D eigenvalue weighted by Crippen LogP contribution is 2.19. The molecular formula is C11H22N2. The first-order valence-corrected chi connectivity index (χ1v) is 5.29. The van der Waals surface area contributed by atoms with E-state index in [4.69, 9.17) is 0 Å². The Labute approximate surface area is 82.0 Å². The van der Waals surface area contributed by atoms with Crippen molar-refractivity contribution in [1.82, 2.24) is 10.2 Å². The van der Waals surface area contributed by atoms with Gasteiger partial charge in [-0.1, -0.05) is 19.9 Å². The standard InChI is InChI=1S/C11H22N2/c1-4-11-5-6-13(9-11)8-10(2)7-12-3/h11-12H,2,4-9H2,1,3H3. The number of nitrogens with one attached hydrogen (secondary N) is 1. The summed E-state index contributed by atoms with van der Waals surface area (Å²) < 4.78 is 0. The topological polar surface area (TPSA) is 15.3 Å². The van der Waals surface area contributed by atoms with Gasteiger partial charge in [0.25, 0.3) is 0 Å². The van der Waals surface area contributed by atoms with Crippen molar-refractivity contribution < 1.29 is 0 Å². The fourth-order valence-electron chi connectivity index (χ4n) is 2.01. The van der Waals surface area contributed by atoms with Crippen LogP contribution in [0.4, 0.5) is 0 Å². The van der Waals surface area contributed by atoms with Crippen molar-refractivity contribution in [3.63, 3.8) is 0 Å². The molecule has 2 heteroatoms. The molecule has 1 rings (SSSR count). The Balaban J connectivity index is 2.19. The van der Waals surface area contributed by atoms with Crippen molar-refractivity contribution in [2.75, 3.05) is 33.2 Å². The van der Waals surface area contributed by atoms with E-state index in [1.165, 1.54) is 31.5 Å². The van der Waals surface area contributed by atoms with Crippen LogP contribution in [0.5, 0.6) is 0 Å². The minimum atomic E-state index is 0.933. The minimum absolute atomic E-state index is 0.933. The first kappa shape index (κ1) is 10.7. The third-order valence-corrected chi connectivity index (χ3v) is 2.82. The molecule has 1 N–H and O–H groups in total. The van der Waals surface area contributed by atoms with Gasteiger partial charge in [0.15, 0.2) is 0 Å². The van der Waals surface area contributed by atoms with Crippen LogP contribution in [0.1, 0.15) is 19.8 Å². The van der Waals surface area contributed by atoms with Crippen molar-refractivity contribution in [1.29, 1.82) is 0 Å². The molecule has 1 atom stereocenters. The minimum Gasteiger partial charge on any atom is -0.316 e. The highest BCUT2D eigenvalue weighted by atomic mass is 15.1. The van der Waals surface area contributed by atoms with Gasteiger partial charge in [-0.15, -0.1) is 0 Å². The molecule has 0 aliphatic carbocycles. The molecule has 2 nitrogen and oxygen atoms in total. The average Bonchev–Trinajstić information content (AvgIpc) is 2.52. The summed E-state index contributed by atoms with van der Waals surface area (Å²) in [6.07, 6.45) is 2.71. The molecule has 1 fully saturated rings. The van der Waals surface area contributed by atoms with Gasteiger partial charge in [0.05, 0.1) is 0 Å². The summed E-state index contributed by atoms with van der Waals surface area (Å²) in [4.78, 5) is 2.52. The normalized spacial score (nSPS) is 23.7. The van der Waals surface area contributed by atoms with Gasteiger partial charge in [-0.2, -0.15) is 0 Å². The van der Waals surface area contributed by atoms with Crippen LogP contribution < -0.4 is 5.32 Å². The summed E-state index contributed by atoms with van der Waals surface area (Å²) >= 11 is 0. The first-order chi connectivity index (χ1) is 6.26. The van der Waals surface area contributed by atoms with Crippen LogP contribution in [0.3, 0.4) is 0 Å². The molecule has 1 aliphatic heterocycles. The van der Waals surface area contributed by atoms with Crippen molar-refractivity contribution in [3.05, 3.63) is 12.2 Å². The van der Waals surface area contributed by atoms with Gasteiger partial charge in [0.2, 0.25) is 0 Å². The lowest BCUT2D eigenvalue weighted by Gasteiger charge is -2.16. The number of hydrogen-bond donors (Lipinski definition) is 1. The van der Waals surface area contributed by atoms with Crippen LogP contribution in [0.25, 0.3) is 0 Å². The average molecular weight is 182 g/mol. The molecule has 76 valence electrons. The van der Waals surface area contributed by atoms with E-state index in [9.17, 15) is 0 Å². The Morgan fingerprint density at radius 3 is 2.92 bits per heavy atom. The quantitative estimate of drug-likeness (QED) is 0.648. The predicted molar refractivity (Wildman–Crippen MR) is 57.9 cm³/mol. The summed E-state index contributed by atoms with van der Waals surface area (Å²) in [7, 11) is 1.98. The number of hydrogen-bond acceptors (Lipinski definition) is 2. The van der Waals surface area contributed by atoms with E-state index in [0.717, 1.165) is 19.0 Å². The van der Waals surface area contributed by atoms with Gasteiger partial charge in [-0.05, 0) is 31.5 Å². The zero-order valence-corrected chi connectivity index (χ0v) is 8.97. The number of rotatable bonds is 5. The third kappa shape index (κ3) is 3.49. The van der Waals surface area contributed by atoms with Crippen LogP contribution in [-0.2, 0) is 0 Å². The van der Waals surface area contributed by atoms with Crippen LogP contribution in [0.15, 0.2) is 12.2 Å². The van der Waals surface area contributed by atoms with E-state index in [1.807, 2.05) is 7.05 Å². The zero-order valence-electron chi connectivity index (χ0n) is 8.97. The molecule has 1 saturated heterocycles. The maximum atomic E-state index is 4.05. The highest BCUT2D eigenvalue weighted by molar-refractivity contribution is 5.00. The van der Waals surface area contributed by atoms with Crippen LogP contribution in [0.2, 0.25) is 0 Å². The summed E-state index contributed by atoms with van der Waals surface area (Å²) in [5, 5.41) is 3.14. The molecule has 0 aromatic rings. The molecule has 0 spiro atoms. The van der Waals surface area contributed by atoms with E-state index < -0.39 is 0 Å². The lowest BCUT2D eigenvalue weighted by molar-refractivity contribution is 0.347. The lowest BCUT2D eigenvalue weighted by atomic mass is 10.1. The number of likely N-dealkylation sites (tertiary alicyclic amines) is 1. The van der Waals surface area contributed by atoms with E-state index in [0.29, 0.717) is 0 Å². The smallest absolute Gasteiger partial charge is 0.0202 e. The van der Waals surface area contributed by atoms with E-state index in [2.05, 4.69) is 23.7 Å². The summed E-state index contributed by atoms with van der Waals surface area (Å²) in [5.41, 5.74) is 1.30. The second-order valence-electron chi connectivity index (χ2n) is 4.08. The Kier molecular flexibility index (Phi) is 4.46. The maximum Gasteiger partial charge on any atom is 0.0202 e. The summed E-state index contributed by atoms with van der Waals surface area (Å²) in [6.45, 7) is 10.9. The van der Waals surface area contributed by atoms with Crippen molar-refractivity contribution in [3.8, 4) is 0 Å². The molecule has 0 amide bonds. The van der Waals surface area contributed by atoms with Gasteiger partial charge in [-0.3, -0.25) is 4.90 Å². The molecule has 0 radical (unpaired) electrons. The molecule has 13 heavy (non-hydrogen) atoms. The lowest BCUT2D eigenvalue weighted by Crippen LogP contribution is -2.26. The Morgan fingerprint density at radius 1 is 1.62 bits per heavy atom. The summed E-state index contributed by atoms with van der Waals surface area (Å²) in [6, 6.07) is 0. The molecule has 1 unspecified atom stereocenters. The summed E-state index contributed by atoms with van der Waals surface area (Å²) in [5.74, 6) is 0.933. The van der Waals surface area contributed by atoms with Gasteiger partial charge in [-0.25, -0.2) is 0 Å². The second-order valence-corrected chi connectivity index (χ2v) is 4.08. The molecule has 0 aromatic carbocycles. The van der Waals surface area contributed by atoms with E-state index in [1.54, 1.807) is 0 Å². The predicted octanol–water partition coefficient (Wildman–Crippen LogP) is 1.49. The van der Waals surface area contributed by atoms with Crippen LogP contribution in [0, 0.1) is 5.92 Å². The Bertz CT molecular complexity index is 165. The molecule has 0 bridgehead atoms. The fourth-order valence-corrected chi connectivity index (χ4v) is 2.01. The monoisotopic (exact) mass is 182 g/mol. The Morgan fingerprint density at radius 2 is 2.38 bits per heavy atom. The Hall–Kier alpha value is -0.340. The second kappa shape index (κ2) is 5.40. The van der Waals surface area contributed by atoms with Gasteiger partial charge >= 0.3 is 0 Å². The van der Waals surface area contributed by atoms with Gasteiger partial charge in [0.1, 0.15) is 0 Å². The number of likely N-dealkylation sites (N-methyl/N-ethyl adjacent to an activating group) is 1. The maximum absolute atomic E-state index is 4.05. The van der Waals surface area contributed by atoms with Crippen LogP contribution in [-0.4, -0.2) is 38.1 Å². The van der Waals surface area contributed by atoms with Crippen molar-refractivity contribution in [2.45, 2.75) is 19.8 Å². The largest absolute Gasteiger partial charge is 0.316 e. The SMILES string of the molecule is C=C(CNC)CN1CCC(CC)C1. The zero-order chi connectivity index (χ0) is 9.68. The molecule has 1 aliphatic rings. The highest BCUT2D eigenvalue weighted by Gasteiger charge is 2.20. The van der Waals surface area contributed by atoms with Gasteiger partial charge < -0.3 is 5.32 Å². The van der Waals surface area contributed by atoms with Crippen molar-refractivity contribution in [2.24, 2.45) is 5.92 Å². The third-order valence-electron chi connectivity index (χ3n) is 2.82. The first-order valence-electron chi connectivity index (χ1n) is 5.29.